The zero-order valence-corrected chi connectivity index (χ0v) is 19.6. The summed E-state index contributed by atoms with van der Waals surface area (Å²) in [7, 11) is 0. The molecule has 162 valence electrons. The molecule has 0 unspecified atom stereocenters. The first-order valence-corrected chi connectivity index (χ1v) is 12.1. The average Bonchev–Trinajstić information content (AvgIpc) is 3.22. The molecule has 0 aliphatic rings. The van der Waals surface area contributed by atoms with Crippen molar-refractivity contribution in [1.29, 1.82) is 0 Å². The number of rotatable bonds is 7. The number of hydrogen-bond acceptors (Lipinski definition) is 8. The highest BCUT2D eigenvalue weighted by Gasteiger charge is 2.17. The number of aromatic nitrogens is 3. The molecular weight excluding hydrogens is 440 g/mol. The Kier molecular flexibility index (Phi) is 6.82. The van der Waals surface area contributed by atoms with Gasteiger partial charge >= 0.3 is 5.97 Å². The van der Waals surface area contributed by atoms with Gasteiger partial charge in [0.15, 0.2) is 5.16 Å². The summed E-state index contributed by atoms with van der Waals surface area (Å²) in [6.45, 7) is 4.14. The molecule has 0 saturated carbocycles. The minimum Gasteiger partial charge on any atom is -0.462 e. The number of nitrogens with one attached hydrogen (secondary N) is 1. The lowest BCUT2D eigenvalue weighted by Crippen LogP contribution is -2.10. The molecule has 8 heteroatoms. The Bertz CT molecular complexity index is 1220. The maximum atomic E-state index is 12.3. The third kappa shape index (κ3) is 4.81. The van der Waals surface area contributed by atoms with E-state index in [1.54, 1.807) is 18.3 Å². The molecule has 0 bridgehead atoms. The third-order valence-corrected chi connectivity index (χ3v) is 6.26. The summed E-state index contributed by atoms with van der Waals surface area (Å²) < 4.78 is 5.14. The van der Waals surface area contributed by atoms with Crippen molar-refractivity contribution in [2.24, 2.45) is 0 Å². The van der Waals surface area contributed by atoms with Crippen LogP contribution in [0.5, 0.6) is 0 Å². The van der Waals surface area contributed by atoms with Gasteiger partial charge in [-0.2, -0.15) is 0 Å². The van der Waals surface area contributed by atoms with Gasteiger partial charge in [0.05, 0.1) is 12.3 Å². The van der Waals surface area contributed by atoms with Crippen molar-refractivity contribution >= 4 is 40.6 Å². The zero-order valence-electron chi connectivity index (χ0n) is 18.0. The summed E-state index contributed by atoms with van der Waals surface area (Å²) in [5.74, 6) is -0.0300. The number of benzene rings is 2. The molecule has 0 aliphatic carbocycles. The van der Waals surface area contributed by atoms with E-state index in [1.807, 2.05) is 48.7 Å². The van der Waals surface area contributed by atoms with Gasteiger partial charge in [0, 0.05) is 27.9 Å². The smallest absolute Gasteiger partial charge is 0.343 e. The van der Waals surface area contributed by atoms with Gasteiger partial charge in [-0.3, -0.25) is 0 Å². The number of nitrogens with zero attached hydrogens (tertiary/aromatic N) is 3. The van der Waals surface area contributed by atoms with Gasteiger partial charge < -0.3 is 10.1 Å². The third-order valence-electron chi connectivity index (χ3n) is 4.68. The highest BCUT2D eigenvalue weighted by atomic mass is 32.2. The molecule has 1 N–H and O–H groups in total. The van der Waals surface area contributed by atoms with Crippen molar-refractivity contribution in [2.75, 3.05) is 18.2 Å². The first-order valence-electron chi connectivity index (χ1n) is 10.1. The van der Waals surface area contributed by atoms with Crippen molar-refractivity contribution in [2.45, 2.75) is 19.0 Å². The molecule has 4 rings (SSSR count). The van der Waals surface area contributed by atoms with Crippen LogP contribution in [0.15, 0.2) is 66.0 Å². The lowest BCUT2D eigenvalue weighted by molar-refractivity contribution is 0.0526. The van der Waals surface area contributed by atoms with E-state index in [9.17, 15) is 4.79 Å². The van der Waals surface area contributed by atoms with Crippen molar-refractivity contribution in [3.63, 3.8) is 0 Å². The van der Waals surface area contributed by atoms with Crippen molar-refractivity contribution in [1.82, 2.24) is 15.0 Å². The van der Waals surface area contributed by atoms with E-state index in [1.165, 1.54) is 18.0 Å². The van der Waals surface area contributed by atoms with E-state index < -0.39 is 5.97 Å². The Hall–Kier alpha value is -3.23. The van der Waals surface area contributed by atoms with Crippen molar-refractivity contribution in [3.05, 3.63) is 71.2 Å². The van der Waals surface area contributed by atoms with E-state index >= 15 is 0 Å². The number of carbonyl (C=O) groups is 1. The van der Waals surface area contributed by atoms with E-state index in [-0.39, 0.29) is 6.61 Å². The topological polar surface area (TPSA) is 77.0 Å². The van der Waals surface area contributed by atoms with E-state index in [0.29, 0.717) is 16.5 Å². The SMILES string of the molecule is CCOC(=O)c1cnc(SC)nc1Nc1ccc(-c2nc(-c3ccccc3)sc2C)cc1. The van der Waals surface area contributed by atoms with Gasteiger partial charge in [-0.1, -0.05) is 54.2 Å². The van der Waals surface area contributed by atoms with Crippen LogP contribution < -0.4 is 5.32 Å². The Balaban J connectivity index is 1.59. The summed E-state index contributed by atoms with van der Waals surface area (Å²) in [4.78, 5) is 27.0. The number of thiazole rings is 1. The second-order valence-electron chi connectivity index (χ2n) is 6.83. The van der Waals surface area contributed by atoms with Gasteiger partial charge in [-0.25, -0.2) is 19.7 Å². The second-order valence-corrected chi connectivity index (χ2v) is 8.81. The molecule has 4 aromatic rings. The monoisotopic (exact) mass is 462 g/mol. The second kappa shape index (κ2) is 9.93. The molecule has 0 aliphatic heterocycles. The molecule has 2 heterocycles. The molecule has 32 heavy (non-hydrogen) atoms. The molecule has 0 atom stereocenters. The molecule has 2 aromatic carbocycles. The van der Waals surface area contributed by atoms with Crippen LogP contribution >= 0.6 is 23.1 Å². The van der Waals surface area contributed by atoms with Crippen molar-refractivity contribution in [3.8, 4) is 21.8 Å². The molecule has 0 saturated heterocycles. The van der Waals surface area contributed by atoms with Gasteiger partial charge in [-0.05, 0) is 32.2 Å². The van der Waals surface area contributed by atoms with Crippen LogP contribution in [0.2, 0.25) is 0 Å². The number of hydrogen-bond donors (Lipinski definition) is 1. The minimum atomic E-state index is -0.453. The number of anilines is 2. The van der Waals surface area contributed by atoms with Gasteiger partial charge in [0.1, 0.15) is 16.4 Å². The summed E-state index contributed by atoms with van der Waals surface area (Å²) in [6, 6.07) is 18.1. The van der Waals surface area contributed by atoms with Crippen LogP contribution in [0.4, 0.5) is 11.5 Å². The predicted octanol–water partition coefficient (Wildman–Crippen LogP) is 6.22. The number of esters is 1. The maximum absolute atomic E-state index is 12.3. The van der Waals surface area contributed by atoms with Crippen molar-refractivity contribution < 1.29 is 9.53 Å². The molecular formula is C24H22N4O2S2. The summed E-state index contributed by atoms with van der Waals surface area (Å²) in [5.41, 5.74) is 4.23. The largest absolute Gasteiger partial charge is 0.462 e. The first kappa shape index (κ1) is 22.0. The Labute approximate surface area is 195 Å². The predicted molar refractivity (Wildman–Crippen MR) is 131 cm³/mol. The lowest BCUT2D eigenvalue weighted by Gasteiger charge is -2.11. The molecule has 0 fully saturated rings. The van der Waals surface area contributed by atoms with E-state index in [4.69, 9.17) is 9.72 Å². The maximum Gasteiger partial charge on any atom is 0.343 e. The number of aryl methyl sites for hydroxylation is 1. The van der Waals surface area contributed by atoms with Crippen LogP contribution in [0.25, 0.3) is 21.8 Å². The van der Waals surface area contributed by atoms with E-state index in [0.717, 1.165) is 32.4 Å². The molecule has 6 nitrogen and oxygen atoms in total. The van der Waals surface area contributed by atoms with Crippen LogP contribution in [0.3, 0.4) is 0 Å². The lowest BCUT2D eigenvalue weighted by atomic mass is 10.1. The van der Waals surface area contributed by atoms with Gasteiger partial charge in [0.25, 0.3) is 0 Å². The first-order chi connectivity index (χ1) is 15.6. The fraction of sp³-hybridized carbons (Fsp3) is 0.167. The summed E-state index contributed by atoms with van der Waals surface area (Å²) in [5, 5.41) is 4.81. The Morgan fingerprint density at radius 3 is 2.50 bits per heavy atom. The average molecular weight is 463 g/mol. The number of carbonyl (C=O) groups excluding carboxylic acids is 1. The highest BCUT2D eigenvalue weighted by molar-refractivity contribution is 7.98. The fourth-order valence-corrected chi connectivity index (χ4v) is 4.42. The van der Waals surface area contributed by atoms with Gasteiger partial charge in [0.2, 0.25) is 0 Å². The summed E-state index contributed by atoms with van der Waals surface area (Å²) in [6.07, 6.45) is 3.38. The summed E-state index contributed by atoms with van der Waals surface area (Å²) >= 11 is 3.09. The van der Waals surface area contributed by atoms with Crippen LogP contribution in [-0.4, -0.2) is 33.8 Å². The molecule has 0 radical (unpaired) electrons. The Morgan fingerprint density at radius 1 is 1.06 bits per heavy atom. The van der Waals surface area contributed by atoms with E-state index in [2.05, 4.69) is 34.3 Å². The molecule has 0 spiro atoms. The standard InChI is InChI=1S/C24H22N4O2S2/c1-4-30-23(29)19-14-25-24(31-3)28-21(19)26-18-12-10-16(11-13-18)20-15(2)32-22(27-20)17-8-6-5-7-9-17/h5-14H,4H2,1-3H3,(H,25,26,28). The van der Waals surface area contributed by atoms with Crippen LogP contribution in [0, 0.1) is 6.92 Å². The zero-order chi connectivity index (χ0) is 22.5. The van der Waals surface area contributed by atoms with Gasteiger partial charge in [-0.15, -0.1) is 11.3 Å². The fourth-order valence-electron chi connectivity index (χ4n) is 3.13. The molecule has 2 aromatic heterocycles. The quantitative estimate of drug-likeness (QED) is 0.198. The highest BCUT2D eigenvalue weighted by Crippen LogP contribution is 2.34. The Morgan fingerprint density at radius 2 is 1.81 bits per heavy atom. The number of thioether (sulfide) groups is 1. The molecule has 0 amide bonds. The minimum absolute atomic E-state index is 0.287. The number of ether oxygens (including phenoxy) is 1. The normalized spacial score (nSPS) is 10.7. The van der Waals surface area contributed by atoms with Crippen LogP contribution in [-0.2, 0) is 4.74 Å². The van der Waals surface area contributed by atoms with Crippen LogP contribution in [0.1, 0.15) is 22.2 Å².